The van der Waals surface area contributed by atoms with Crippen LogP contribution < -0.4 is 11.1 Å². The van der Waals surface area contributed by atoms with E-state index < -0.39 is 5.41 Å². The smallest absolute Gasteiger partial charge is 0.232 e. The first-order valence-electron chi connectivity index (χ1n) is 6.53. The van der Waals surface area contributed by atoms with Crippen LogP contribution in [0, 0.1) is 11.3 Å². The van der Waals surface area contributed by atoms with Crippen LogP contribution in [0.1, 0.15) is 52.4 Å². The maximum atomic E-state index is 11.9. The minimum Gasteiger partial charge on any atom is -0.392 e. The molecule has 0 saturated heterocycles. The van der Waals surface area contributed by atoms with E-state index in [0.29, 0.717) is 0 Å². The Kier molecular flexibility index (Phi) is 5.37. The van der Waals surface area contributed by atoms with Gasteiger partial charge in [-0.3, -0.25) is 4.79 Å². The first kappa shape index (κ1) is 14.4. The van der Waals surface area contributed by atoms with E-state index in [-0.39, 0.29) is 10.9 Å². The molecule has 0 aromatic carbocycles. The predicted molar refractivity (Wildman–Crippen MR) is 74.8 cm³/mol. The van der Waals surface area contributed by atoms with Crippen molar-refractivity contribution in [2.75, 3.05) is 6.54 Å². The Balaban J connectivity index is 2.26. The zero-order valence-electron chi connectivity index (χ0n) is 10.9. The zero-order valence-corrected chi connectivity index (χ0v) is 11.7. The van der Waals surface area contributed by atoms with Crippen LogP contribution in [0.2, 0.25) is 0 Å². The van der Waals surface area contributed by atoms with Crippen LogP contribution in [0.4, 0.5) is 0 Å². The SMILES string of the molecule is CC(C)(C(=O)NCCC1CCCCC1)C(N)=S. The fourth-order valence-corrected chi connectivity index (χ4v) is 2.29. The summed E-state index contributed by atoms with van der Waals surface area (Å²) in [5.74, 6) is 0.734. The molecule has 1 rings (SSSR count). The van der Waals surface area contributed by atoms with Gasteiger partial charge in [-0.25, -0.2) is 0 Å². The second kappa shape index (κ2) is 6.34. The number of nitrogens with one attached hydrogen (secondary N) is 1. The molecule has 17 heavy (non-hydrogen) atoms. The van der Waals surface area contributed by atoms with Gasteiger partial charge in [0.2, 0.25) is 5.91 Å². The van der Waals surface area contributed by atoms with E-state index in [4.69, 9.17) is 18.0 Å². The highest BCUT2D eigenvalue weighted by atomic mass is 32.1. The van der Waals surface area contributed by atoms with Crippen molar-refractivity contribution in [2.45, 2.75) is 52.4 Å². The molecule has 0 heterocycles. The summed E-state index contributed by atoms with van der Waals surface area (Å²) in [6, 6.07) is 0. The standard InChI is InChI=1S/C13H24N2OS/c1-13(2,11(14)17)12(16)15-9-8-10-6-4-3-5-7-10/h10H,3-9H2,1-2H3,(H2,14,17)(H,15,16). The average Bonchev–Trinajstić information content (AvgIpc) is 2.30. The molecule has 1 aliphatic rings. The highest BCUT2D eigenvalue weighted by Gasteiger charge is 2.30. The molecule has 0 radical (unpaired) electrons. The summed E-state index contributed by atoms with van der Waals surface area (Å²) in [6.07, 6.45) is 7.77. The van der Waals surface area contributed by atoms with Crippen LogP contribution in [-0.4, -0.2) is 17.4 Å². The molecule has 0 aliphatic heterocycles. The van der Waals surface area contributed by atoms with Gasteiger partial charge in [-0.05, 0) is 26.2 Å². The number of rotatable bonds is 5. The van der Waals surface area contributed by atoms with Crippen molar-refractivity contribution in [1.82, 2.24) is 5.32 Å². The molecular weight excluding hydrogens is 232 g/mol. The molecule has 0 unspecified atom stereocenters. The minimum absolute atomic E-state index is 0.0548. The third kappa shape index (κ3) is 4.26. The Bertz CT molecular complexity index is 283. The largest absolute Gasteiger partial charge is 0.392 e. The molecule has 1 saturated carbocycles. The Morgan fingerprint density at radius 3 is 2.47 bits per heavy atom. The van der Waals surface area contributed by atoms with Gasteiger partial charge in [0.1, 0.15) is 0 Å². The van der Waals surface area contributed by atoms with Gasteiger partial charge in [0.25, 0.3) is 0 Å². The fraction of sp³-hybridized carbons (Fsp3) is 0.846. The maximum Gasteiger partial charge on any atom is 0.232 e. The van der Waals surface area contributed by atoms with E-state index in [9.17, 15) is 4.79 Å². The topological polar surface area (TPSA) is 55.1 Å². The van der Waals surface area contributed by atoms with Gasteiger partial charge in [0.05, 0.1) is 10.4 Å². The van der Waals surface area contributed by atoms with Gasteiger partial charge >= 0.3 is 0 Å². The van der Waals surface area contributed by atoms with Crippen LogP contribution in [0.25, 0.3) is 0 Å². The van der Waals surface area contributed by atoms with Gasteiger partial charge in [-0.15, -0.1) is 0 Å². The third-order valence-corrected chi connectivity index (χ3v) is 4.26. The highest BCUT2D eigenvalue weighted by molar-refractivity contribution is 7.80. The number of carbonyl (C=O) groups excluding carboxylic acids is 1. The van der Waals surface area contributed by atoms with Gasteiger partial charge in [-0.1, -0.05) is 44.3 Å². The number of carbonyl (C=O) groups is 1. The second-order valence-corrected chi connectivity index (χ2v) is 5.98. The normalized spacial score (nSPS) is 17.8. The molecule has 4 heteroatoms. The first-order valence-corrected chi connectivity index (χ1v) is 6.93. The molecule has 0 spiro atoms. The molecule has 3 N–H and O–H groups in total. The molecule has 98 valence electrons. The van der Waals surface area contributed by atoms with E-state index in [2.05, 4.69) is 5.32 Å². The summed E-state index contributed by atoms with van der Waals surface area (Å²) >= 11 is 4.90. The molecular formula is C13H24N2OS. The summed E-state index contributed by atoms with van der Waals surface area (Å²) in [5.41, 5.74) is 4.82. The number of thiocarbonyl (C=S) groups is 1. The maximum absolute atomic E-state index is 11.9. The summed E-state index contributed by atoms with van der Waals surface area (Å²) in [6.45, 7) is 4.28. The molecule has 0 atom stereocenters. The van der Waals surface area contributed by atoms with Crippen molar-refractivity contribution in [1.29, 1.82) is 0 Å². The van der Waals surface area contributed by atoms with Gasteiger partial charge in [-0.2, -0.15) is 0 Å². The van der Waals surface area contributed by atoms with Crippen LogP contribution >= 0.6 is 12.2 Å². The Labute approximate surface area is 110 Å². The quantitative estimate of drug-likeness (QED) is 0.743. The second-order valence-electron chi connectivity index (χ2n) is 5.54. The molecule has 1 amide bonds. The van der Waals surface area contributed by atoms with Crippen LogP contribution in [-0.2, 0) is 4.79 Å². The molecule has 1 fully saturated rings. The number of hydrogen-bond acceptors (Lipinski definition) is 2. The molecule has 3 nitrogen and oxygen atoms in total. The van der Waals surface area contributed by atoms with E-state index in [1.54, 1.807) is 13.8 Å². The summed E-state index contributed by atoms with van der Waals surface area (Å²) < 4.78 is 0. The van der Waals surface area contributed by atoms with Gasteiger partial charge < -0.3 is 11.1 Å². The zero-order chi connectivity index (χ0) is 12.9. The summed E-state index contributed by atoms with van der Waals surface area (Å²) in [7, 11) is 0. The molecule has 0 bridgehead atoms. The lowest BCUT2D eigenvalue weighted by Gasteiger charge is -2.24. The third-order valence-electron chi connectivity index (χ3n) is 3.75. The van der Waals surface area contributed by atoms with Gasteiger partial charge in [0, 0.05) is 6.54 Å². The van der Waals surface area contributed by atoms with Crippen molar-refractivity contribution in [3.8, 4) is 0 Å². The van der Waals surface area contributed by atoms with Crippen molar-refractivity contribution in [3.63, 3.8) is 0 Å². The first-order chi connectivity index (χ1) is 7.94. The number of hydrogen-bond donors (Lipinski definition) is 2. The molecule has 0 aromatic heterocycles. The average molecular weight is 256 g/mol. The summed E-state index contributed by atoms with van der Waals surface area (Å²) in [4.78, 5) is 12.1. The van der Waals surface area contributed by atoms with Crippen molar-refractivity contribution in [2.24, 2.45) is 17.1 Å². The van der Waals surface area contributed by atoms with Gasteiger partial charge in [0.15, 0.2) is 0 Å². The number of nitrogens with two attached hydrogens (primary N) is 1. The van der Waals surface area contributed by atoms with Crippen LogP contribution in [0.15, 0.2) is 0 Å². The van der Waals surface area contributed by atoms with Crippen LogP contribution in [0.3, 0.4) is 0 Å². The van der Waals surface area contributed by atoms with E-state index in [1.807, 2.05) is 0 Å². The molecule has 0 aromatic rings. The predicted octanol–water partition coefficient (Wildman–Crippen LogP) is 2.39. The molecule has 1 aliphatic carbocycles. The van der Waals surface area contributed by atoms with E-state index >= 15 is 0 Å². The summed E-state index contributed by atoms with van der Waals surface area (Å²) in [5, 5.41) is 2.95. The van der Waals surface area contributed by atoms with Crippen molar-refractivity contribution in [3.05, 3.63) is 0 Å². The van der Waals surface area contributed by atoms with Crippen molar-refractivity contribution >= 4 is 23.1 Å². The Morgan fingerprint density at radius 2 is 1.94 bits per heavy atom. The minimum atomic E-state index is -0.734. The Hall–Kier alpha value is -0.640. The lowest BCUT2D eigenvalue weighted by Crippen LogP contribution is -2.45. The van der Waals surface area contributed by atoms with Crippen molar-refractivity contribution < 1.29 is 4.79 Å². The van der Waals surface area contributed by atoms with E-state index in [0.717, 1.165) is 18.9 Å². The fourth-order valence-electron chi connectivity index (χ4n) is 2.20. The Morgan fingerprint density at radius 1 is 1.35 bits per heavy atom. The van der Waals surface area contributed by atoms with Crippen LogP contribution in [0.5, 0.6) is 0 Å². The number of amides is 1. The lowest BCUT2D eigenvalue weighted by molar-refractivity contribution is -0.126. The monoisotopic (exact) mass is 256 g/mol. The lowest BCUT2D eigenvalue weighted by atomic mass is 9.87. The highest BCUT2D eigenvalue weighted by Crippen LogP contribution is 2.25. The van der Waals surface area contributed by atoms with E-state index in [1.165, 1.54) is 32.1 Å².